The minimum Gasteiger partial charge on any atom is -0.216 e. The van der Waals surface area contributed by atoms with Gasteiger partial charge in [-0.05, 0) is 32.0 Å². The van der Waals surface area contributed by atoms with E-state index in [9.17, 15) is 0 Å². The zero-order valence-corrected chi connectivity index (χ0v) is 11.4. The summed E-state index contributed by atoms with van der Waals surface area (Å²) in [5, 5.41) is 6.21. The van der Waals surface area contributed by atoms with E-state index in [1.54, 1.807) is 9.80 Å². The summed E-state index contributed by atoms with van der Waals surface area (Å²) in [6.45, 7) is 3.94. The number of para-hydroxylation sites is 1. The van der Waals surface area contributed by atoms with Gasteiger partial charge in [-0.2, -0.15) is 9.89 Å². The monoisotopic (exact) mass is 263 g/mol. The van der Waals surface area contributed by atoms with Gasteiger partial charge in [0.25, 0.3) is 0 Å². The lowest BCUT2D eigenvalue weighted by Crippen LogP contribution is -2.33. The van der Waals surface area contributed by atoms with Gasteiger partial charge in [0, 0.05) is 0 Å². The molecule has 2 rings (SSSR count). The molecule has 3 nitrogen and oxygen atoms in total. The molecule has 0 radical (unpaired) electrons. The largest absolute Gasteiger partial charge is 0.216 e. The number of benzene rings is 1. The number of hydrogen-bond donors (Lipinski definition) is 1. The smallest absolute Gasteiger partial charge is 0.158 e. The molecule has 1 aromatic carbocycles. The Morgan fingerprint density at radius 2 is 1.94 bits per heavy atom. The van der Waals surface area contributed by atoms with Crippen molar-refractivity contribution in [2.24, 2.45) is 0 Å². The van der Waals surface area contributed by atoms with Gasteiger partial charge in [-0.15, -0.1) is 12.6 Å². The number of anilines is 1. The molecule has 0 unspecified atom stereocenters. The van der Waals surface area contributed by atoms with Crippen molar-refractivity contribution in [2.75, 3.05) is 5.01 Å². The van der Waals surface area contributed by atoms with E-state index in [0.29, 0.717) is 4.32 Å². The quantitative estimate of drug-likeness (QED) is 0.665. The van der Waals surface area contributed by atoms with Crippen molar-refractivity contribution >= 4 is 34.9 Å². The van der Waals surface area contributed by atoms with Crippen LogP contribution in [0.2, 0.25) is 0 Å². The van der Waals surface area contributed by atoms with E-state index in [2.05, 4.69) is 17.7 Å². The fourth-order valence-corrected chi connectivity index (χ4v) is 2.07. The Kier molecular flexibility index (Phi) is 3.49. The SMILES string of the molecule is Cc1cc(C)n(N(C(=S)S)c2ccccc2)n1. The van der Waals surface area contributed by atoms with E-state index in [-0.39, 0.29) is 0 Å². The maximum atomic E-state index is 5.18. The lowest BCUT2D eigenvalue weighted by Gasteiger charge is -2.23. The Morgan fingerprint density at radius 3 is 2.41 bits per heavy atom. The molecular weight excluding hydrogens is 250 g/mol. The third kappa shape index (κ3) is 2.50. The average Bonchev–Trinajstić information content (AvgIpc) is 2.59. The van der Waals surface area contributed by atoms with Crippen LogP contribution in [-0.4, -0.2) is 14.2 Å². The number of thiol groups is 1. The Morgan fingerprint density at radius 1 is 1.29 bits per heavy atom. The fraction of sp³-hybridized carbons (Fsp3) is 0.167. The summed E-state index contributed by atoms with van der Waals surface area (Å²) >= 11 is 9.45. The van der Waals surface area contributed by atoms with Gasteiger partial charge < -0.3 is 0 Å². The van der Waals surface area contributed by atoms with Crippen LogP contribution in [0.15, 0.2) is 36.4 Å². The number of aryl methyl sites for hydroxylation is 2. The number of nitrogens with zero attached hydrogens (tertiary/aromatic N) is 3. The van der Waals surface area contributed by atoms with Crippen LogP contribution < -0.4 is 5.01 Å². The molecule has 0 aliphatic heterocycles. The van der Waals surface area contributed by atoms with E-state index < -0.39 is 0 Å². The summed E-state index contributed by atoms with van der Waals surface area (Å²) in [4.78, 5) is 1.76. The third-order valence-corrected chi connectivity index (χ3v) is 2.72. The highest BCUT2D eigenvalue weighted by molar-refractivity contribution is 8.11. The predicted molar refractivity (Wildman–Crippen MR) is 77.6 cm³/mol. The first-order valence-electron chi connectivity index (χ1n) is 5.21. The zero-order chi connectivity index (χ0) is 12.4. The van der Waals surface area contributed by atoms with E-state index in [4.69, 9.17) is 12.2 Å². The van der Waals surface area contributed by atoms with Crippen LogP contribution in [0, 0.1) is 13.8 Å². The maximum absolute atomic E-state index is 5.18. The molecular formula is C12H13N3S2. The molecule has 5 heteroatoms. The normalized spacial score (nSPS) is 10.3. The van der Waals surface area contributed by atoms with Gasteiger partial charge in [-0.3, -0.25) is 0 Å². The molecule has 0 amide bonds. The molecule has 1 heterocycles. The van der Waals surface area contributed by atoms with E-state index in [0.717, 1.165) is 17.1 Å². The summed E-state index contributed by atoms with van der Waals surface area (Å²) in [7, 11) is 0. The van der Waals surface area contributed by atoms with Crippen molar-refractivity contribution in [3.05, 3.63) is 47.8 Å². The molecule has 0 fully saturated rings. The van der Waals surface area contributed by atoms with Gasteiger partial charge in [-0.1, -0.05) is 30.4 Å². The second-order valence-corrected chi connectivity index (χ2v) is 4.86. The van der Waals surface area contributed by atoms with Crippen LogP contribution in [0.4, 0.5) is 5.69 Å². The van der Waals surface area contributed by atoms with Gasteiger partial charge in [0.1, 0.15) is 0 Å². The first kappa shape index (κ1) is 12.1. The highest BCUT2D eigenvalue weighted by atomic mass is 32.1. The first-order chi connectivity index (χ1) is 8.09. The summed E-state index contributed by atoms with van der Waals surface area (Å²) in [6, 6.07) is 11.8. The van der Waals surface area contributed by atoms with E-state index >= 15 is 0 Å². The van der Waals surface area contributed by atoms with Crippen LogP contribution in [0.25, 0.3) is 0 Å². The minimum absolute atomic E-state index is 0.461. The van der Waals surface area contributed by atoms with Gasteiger partial charge in [0.15, 0.2) is 4.32 Å². The van der Waals surface area contributed by atoms with Crippen LogP contribution in [-0.2, 0) is 0 Å². The highest BCUT2D eigenvalue weighted by Crippen LogP contribution is 2.18. The number of aromatic nitrogens is 2. The number of hydrogen-bond acceptors (Lipinski definition) is 2. The number of rotatable bonds is 2. The first-order valence-corrected chi connectivity index (χ1v) is 6.07. The molecule has 17 heavy (non-hydrogen) atoms. The standard InChI is InChI=1S/C12H13N3S2/c1-9-8-10(2)15(13-9)14(12(16)17)11-6-4-3-5-7-11/h3-8H,1-2H3,(H,16,17). The van der Waals surface area contributed by atoms with Gasteiger partial charge in [0.2, 0.25) is 0 Å². The Hall–Kier alpha value is -1.33. The molecule has 1 aromatic heterocycles. The van der Waals surface area contributed by atoms with E-state index in [1.807, 2.05) is 50.2 Å². The summed E-state index contributed by atoms with van der Waals surface area (Å²) in [5.74, 6) is 0. The van der Waals surface area contributed by atoms with Gasteiger partial charge in [0.05, 0.1) is 17.1 Å². The highest BCUT2D eigenvalue weighted by Gasteiger charge is 2.14. The predicted octanol–water partition coefficient (Wildman–Crippen LogP) is 2.98. The average molecular weight is 263 g/mol. The van der Waals surface area contributed by atoms with Crippen LogP contribution in [0.1, 0.15) is 11.4 Å². The molecule has 0 saturated heterocycles. The molecule has 0 aliphatic carbocycles. The summed E-state index contributed by atoms with van der Waals surface area (Å²) < 4.78 is 0.461. The second kappa shape index (κ2) is 4.89. The molecule has 0 atom stereocenters. The molecule has 0 spiro atoms. The van der Waals surface area contributed by atoms with Crippen molar-refractivity contribution in [2.45, 2.75) is 13.8 Å². The topological polar surface area (TPSA) is 21.1 Å². The summed E-state index contributed by atoms with van der Waals surface area (Å²) in [5.41, 5.74) is 2.91. The maximum Gasteiger partial charge on any atom is 0.158 e. The minimum atomic E-state index is 0.461. The zero-order valence-electron chi connectivity index (χ0n) is 9.66. The lowest BCUT2D eigenvalue weighted by atomic mass is 10.3. The molecule has 2 aromatic rings. The van der Waals surface area contributed by atoms with E-state index in [1.165, 1.54) is 0 Å². The molecule has 0 bridgehead atoms. The molecule has 88 valence electrons. The van der Waals surface area contributed by atoms with Gasteiger partial charge in [-0.25, -0.2) is 5.01 Å². The third-order valence-electron chi connectivity index (χ3n) is 2.36. The van der Waals surface area contributed by atoms with Crippen molar-refractivity contribution in [3.63, 3.8) is 0 Å². The van der Waals surface area contributed by atoms with Crippen molar-refractivity contribution < 1.29 is 0 Å². The second-order valence-electron chi connectivity index (χ2n) is 3.75. The number of thiocarbonyl (C=S) groups is 1. The molecule has 0 saturated carbocycles. The lowest BCUT2D eigenvalue weighted by molar-refractivity contribution is 0.695. The van der Waals surface area contributed by atoms with Crippen molar-refractivity contribution in [1.29, 1.82) is 0 Å². The Balaban J connectivity index is 2.50. The van der Waals surface area contributed by atoms with Crippen molar-refractivity contribution in [1.82, 2.24) is 9.89 Å². The van der Waals surface area contributed by atoms with Crippen molar-refractivity contribution in [3.8, 4) is 0 Å². The van der Waals surface area contributed by atoms with Crippen LogP contribution in [0.3, 0.4) is 0 Å². The van der Waals surface area contributed by atoms with Gasteiger partial charge >= 0.3 is 0 Å². The summed E-state index contributed by atoms with van der Waals surface area (Å²) in [6.07, 6.45) is 0. The Bertz CT molecular complexity index is 534. The molecule has 0 aliphatic rings. The van der Waals surface area contributed by atoms with Crippen LogP contribution in [0.5, 0.6) is 0 Å². The van der Waals surface area contributed by atoms with Crippen LogP contribution >= 0.6 is 24.8 Å². The molecule has 0 N–H and O–H groups in total. The fourth-order valence-electron chi connectivity index (χ4n) is 1.69. The Labute approximate surface area is 111 Å².